The SMILES string of the molecule is Cc1c(C(=O)NC#N)sc2nc(Cc3cccc(Cl)c3)[nH]c(=O)c12. The smallest absolute Gasteiger partial charge is 0.274 e. The van der Waals surface area contributed by atoms with Crippen LogP contribution in [-0.2, 0) is 6.42 Å². The van der Waals surface area contributed by atoms with Crippen molar-refractivity contribution in [3.63, 3.8) is 0 Å². The Hall–Kier alpha value is -2.69. The van der Waals surface area contributed by atoms with Crippen LogP contribution in [0, 0.1) is 18.4 Å². The number of fused-ring (bicyclic) bond motifs is 1. The lowest BCUT2D eigenvalue weighted by molar-refractivity contribution is 0.0976. The van der Waals surface area contributed by atoms with Gasteiger partial charge in [0.2, 0.25) is 0 Å². The van der Waals surface area contributed by atoms with Crippen LogP contribution in [0.4, 0.5) is 0 Å². The molecule has 1 amide bonds. The topological polar surface area (TPSA) is 98.6 Å². The number of H-pyrrole nitrogens is 1. The van der Waals surface area contributed by atoms with Crippen LogP contribution in [0.2, 0.25) is 5.02 Å². The second kappa shape index (κ2) is 6.43. The number of halogens is 1. The van der Waals surface area contributed by atoms with Crippen LogP contribution in [0.1, 0.15) is 26.6 Å². The summed E-state index contributed by atoms with van der Waals surface area (Å²) in [4.78, 5) is 32.2. The number of hydrogen-bond acceptors (Lipinski definition) is 5. The fraction of sp³-hybridized carbons (Fsp3) is 0.125. The molecule has 2 N–H and O–H groups in total. The Bertz CT molecular complexity index is 1050. The van der Waals surface area contributed by atoms with Crippen LogP contribution in [0.3, 0.4) is 0 Å². The van der Waals surface area contributed by atoms with Gasteiger partial charge in [-0.25, -0.2) is 4.98 Å². The van der Waals surface area contributed by atoms with E-state index in [4.69, 9.17) is 16.9 Å². The molecule has 0 saturated heterocycles. The molecule has 3 aromatic rings. The number of carbonyl (C=O) groups is 1. The average molecular weight is 359 g/mol. The van der Waals surface area contributed by atoms with E-state index in [2.05, 4.69) is 15.3 Å². The number of amides is 1. The number of thiophene rings is 1. The molecule has 0 aliphatic heterocycles. The molecule has 6 nitrogen and oxygen atoms in total. The summed E-state index contributed by atoms with van der Waals surface area (Å²) in [7, 11) is 0. The van der Waals surface area contributed by atoms with Gasteiger partial charge in [0.1, 0.15) is 10.7 Å². The molecule has 0 bridgehead atoms. The number of aromatic nitrogens is 2. The number of carbonyl (C=O) groups excluding carboxylic acids is 1. The van der Waals surface area contributed by atoms with E-state index in [1.165, 1.54) is 0 Å². The predicted octanol–water partition coefficient (Wildman–Crippen LogP) is 2.75. The highest BCUT2D eigenvalue weighted by molar-refractivity contribution is 7.20. The summed E-state index contributed by atoms with van der Waals surface area (Å²) >= 11 is 7.06. The van der Waals surface area contributed by atoms with E-state index in [0.29, 0.717) is 37.9 Å². The number of rotatable bonds is 3. The van der Waals surface area contributed by atoms with E-state index < -0.39 is 5.91 Å². The van der Waals surface area contributed by atoms with Gasteiger partial charge in [0, 0.05) is 11.4 Å². The standard InChI is InChI=1S/C16H11ClN4O2S/c1-8-12-14(22)20-11(6-9-3-2-4-10(17)5-9)21-16(12)24-13(8)15(23)19-7-18/h2-5H,6H2,1H3,(H,19,23)(H,20,21,22). The minimum absolute atomic E-state index is 0.304. The Balaban J connectivity index is 2.06. The Morgan fingerprint density at radius 3 is 3.00 bits per heavy atom. The molecule has 0 atom stereocenters. The number of nitrogens with zero attached hydrogens (tertiary/aromatic N) is 2. The zero-order valence-electron chi connectivity index (χ0n) is 12.5. The summed E-state index contributed by atoms with van der Waals surface area (Å²) in [6.45, 7) is 1.67. The van der Waals surface area contributed by atoms with Crippen molar-refractivity contribution in [1.29, 1.82) is 5.26 Å². The fourth-order valence-corrected chi connectivity index (χ4v) is 3.75. The van der Waals surface area contributed by atoms with E-state index in [1.807, 2.05) is 12.1 Å². The van der Waals surface area contributed by atoms with Crippen molar-refractivity contribution in [2.24, 2.45) is 0 Å². The molecule has 8 heteroatoms. The number of nitrogens with one attached hydrogen (secondary N) is 2. The van der Waals surface area contributed by atoms with Gasteiger partial charge in [0.05, 0.1) is 10.3 Å². The van der Waals surface area contributed by atoms with E-state index in [-0.39, 0.29) is 5.56 Å². The van der Waals surface area contributed by atoms with Crippen LogP contribution in [0.25, 0.3) is 10.2 Å². The van der Waals surface area contributed by atoms with Gasteiger partial charge in [-0.15, -0.1) is 11.3 Å². The second-order valence-electron chi connectivity index (χ2n) is 5.12. The van der Waals surface area contributed by atoms with Crippen molar-refractivity contribution >= 4 is 39.1 Å². The molecule has 0 fully saturated rings. The van der Waals surface area contributed by atoms with Gasteiger partial charge in [-0.2, -0.15) is 5.26 Å². The summed E-state index contributed by atoms with van der Waals surface area (Å²) in [5, 5.41) is 11.6. The molecule has 0 aliphatic carbocycles. The Morgan fingerprint density at radius 1 is 1.50 bits per heavy atom. The van der Waals surface area contributed by atoms with Crippen molar-refractivity contribution in [3.8, 4) is 6.19 Å². The normalized spacial score (nSPS) is 10.5. The highest BCUT2D eigenvalue weighted by Gasteiger charge is 2.19. The first-order valence-corrected chi connectivity index (χ1v) is 8.15. The maximum atomic E-state index is 12.4. The van der Waals surface area contributed by atoms with Crippen LogP contribution in [0.15, 0.2) is 29.1 Å². The molecule has 0 aliphatic rings. The molecule has 24 heavy (non-hydrogen) atoms. The molecule has 0 unspecified atom stereocenters. The first kappa shape index (κ1) is 16.2. The van der Waals surface area contributed by atoms with Crippen molar-refractivity contribution in [1.82, 2.24) is 15.3 Å². The highest BCUT2D eigenvalue weighted by atomic mass is 35.5. The van der Waals surface area contributed by atoms with Gasteiger partial charge >= 0.3 is 0 Å². The largest absolute Gasteiger partial charge is 0.310 e. The van der Waals surface area contributed by atoms with Crippen molar-refractivity contribution in [3.05, 3.63) is 61.5 Å². The van der Waals surface area contributed by atoms with Crippen LogP contribution in [0.5, 0.6) is 0 Å². The van der Waals surface area contributed by atoms with Gasteiger partial charge in [-0.3, -0.25) is 14.9 Å². The quantitative estimate of drug-likeness (QED) is 0.555. The maximum absolute atomic E-state index is 12.4. The third-order valence-corrected chi connectivity index (χ3v) is 4.91. The van der Waals surface area contributed by atoms with Gasteiger partial charge in [0.15, 0.2) is 6.19 Å². The first-order valence-electron chi connectivity index (χ1n) is 6.95. The lowest BCUT2D eigenvalue weighted by Crippen LogP contribution is -2.17. The summed E-state index contributed by atoms with van der Waals surface area (Å²) in [6.07, 6.45) is 2.01. The summed E-state index contributed by atoms with van der Waals surface area (Å²) in [5.41, 5.74) is 1.13. The molecule has 0 saturated carbocycles. The summed E-state index contributed by atoms with van der Waals surface area (Å²) in [6, 6.07) is 7.29. The predicted molar refractivity (Wildman–Crippen MR) is 92.3 cm³/mol. The van der Waals surface area contributed by atoms with Gasteiger partial charge in [0.25, 0.3) is 11.5 Å². The molecular formula is C16H11ClN4O2S. The Kier molecular flexibility index (Phi) is 4.34. The molecule has 0 spiro atoms. The monoisotopic (exact) mass is 358 g/mol. The molecule has 2 heterocycles. The summed E-state index contributed by atoms with van der Waals surface area (Å²) < 4.78 is 0. The molecule has 1 aromatic carbocycles. The fourth-order valence-electron chi connectivity index (χ4n) is 2.44. The minimum Gasteiger partial charge on any atom is -0.310 e. The number of aromatic amines is 1. The van der Waals surface area contributed by atoms with Crippen molar-refractivity contribution < 1.29 is 4.79 Å². The van der Waals surface area contributed by atoms with Crippen LogP contribution >= 0.6 is 22.9 Å². The van der Waals surface area contributed by atoms with Gasteiger partial charge in [-0.05, 0) is 30.2 Å². The van der Waals surface area contributed by atoms with Crippen LogP contribution in [-0.4, -0.2) is 15.9 Å². The number of nitriles is 1. The number of hydrogen-bond donors (Lipinski definition) is 2. The second-order valence-corrected chi connectivity index (χ2v) is 6.56. The maximum Gasteiger partial charge on any atom is 0.274 e. The average Bonchev–Trinajstić information content (AvgIpc) is 2.85. The lowest BCUT2D eigenvalue weighted by Gasteiger charge is -2.02. The number of aryl methyl sites for hydroxylation is 1. The van der Waals surface area contributed by atoms with E-state index >= 15 is 0 Å². The zero-order valence-corrected chi connectivity index (χ0v) is 14.1. The lowest BCUT2D eigenvalue weighted by atomic mass is 10.1. The Labute approximate surface area is 145 Å². The number of benzene rings is 1. The van der Waals surface area contributed by atoms with Gasteiger partial charge < -0.3 is 4.98 Å². The van der Waals surface area contributed by atoms with Crippen LogP contribution < -0.4 is 10.9 Å². The Morgan fingerprint density at radius 2 is 2.29 bits per heavy atom. The molecule has 120 valence electrons. The van der Waals surface area contributed by atoms with Gasteiger partial charge in [-0.1, -0.05) is 23.7 Å². The van der Waals surface area contributed by atoms with Crippen molar-refractivity contribution in [2.45, 2.75) is 13.3 Å². The molecule has 3 rings (SSSR count). The zero-order chi connectivity index (χ0) is 17.3. The third kappa shape index (κ3) is 3.02. The van der Waals surface area contributed by atoms with Crippen molar-refractivity contribution in [2.75, 3.05) is 0 Å². The molecule has 2 aromatic heterocycles. The molecular weight excluding hydrogens is 348 g/mol. The summed E-state index contributed by atoms with van der Waals surface area (Å²) in [5.74, 6) is -0.0444. The third-order valence-electron chi connectivity index (χ3n) is 3.49. The molecule has 0 radical (unpaired) electrons. The first-order chi connectivity index (χ1) is 11.5. The van der Waals surface area contributed by atoms with E-state index in [0.717, 1.165) is 16.9 Å². The highest BCUT2D eigenvalue weighted by Crippen LogP contribution is 2.27. The van der Waals surface area contributed by atoms with E-state index in [1.54, 1.807) is 25.2 Å². The van der Waals surface area contributed by atoms with E-state index in [9.17, 15) is 9.59 Å². The minimum atomic E-state index is -0.534.